The van der Waals surface area contributed by atoms with E-state index < -0.39 is 23.0 Å². The molecule has 0 spiro atoms. The van der Waals surface area contributed by atoms with Gasteiger partial charge in [0.05, 0.1) is 11.1 Å². The lowest BCUT2D eigenvalue weighted by molar-refractivity contribution is 0.373. The summed E-state index contributed by atoms with van der Waals surface area (Å²) in [7, 11) is 0. The molecule has 0 radical (unpaired) electrons. The van der Waals surface area contributed by atoms with Gasteiger partial charge in [-0.2, -0.15) is 0 Å². The van der Waals surface area contributed by atoms with Gasteiger partial charge in [0.2, 0.25) is 0 Å². The van der Waals surface area contributed by atoms with Crippen molar-refractivity contribution in [3.05, 3.63) is 96.1 Å². The Labute approximate surface area is 202 Å². The molecule has 3 aromatic carbocycles. The molecular formula is C27H23ClN2O4. The quantitative estimate of drug-likeness (QED) is 0.126. The number of fused-ring (bicyclic) bond motifs is 1. The monoisotopic (exact) mass is 474 g/mol. The maximum absolute atomic E-state index is 10.7. The minimum absolute atomic E-state index is 0.0689. The van der Waals surface area contributed by atoms with Crippen molar-refractivity contribution in [3.8, 4) is 34.1 Å². The van der Waals surface area contributed by atoms with Gasteiger partial charge in [0.15, 0.2) is 28.3 Å². The lowest BCUT2D eigenvalue weighted by Crippen LogP contribution is -2.16. The van der Waals surface area contributed by atoms with Crippen molar-refractivity contribution in [1.29, 1.82) is 0 Å². The van der Waals surface area contributed by atoms with Crippen molar-refractivity contribution in [2.45, 2.75) is 13.0 Å². The van der Waals surface area contributed by atoms with E-state index in [2.05, 4.69) is 16.9 Å². The van der Waals surface area contributed by atoms with Gasteiger partial charge in [0.25, 0.3) is 0 Å². The Hall–Kier alpha value is -4.16. The summed E-state index contributed by atoms with van der Waals surface area (Å²) in [4.78, 5) is 4.50. The van der Waals surface area contributed by atoms with E-state index in [1.807, 2.05) is 37.3 Å². The number of amidine groups is 1. The van der Waals surface area contributed by atoms with Crippen LogP contribution >= 0.6 is 11.6 Å². The summed E-state index contributed by atoms with van der Waals surface area (Å²) in [5.74, 6) is -2.28. The van der Waals surface area contributed by atoms with E-state index in [-0.39, 0.29) is 28.0 Å². The molecule has 7 heteroatoms. The van der Waals surface area contributed by atoms with Crippen LogP contribution in [0.2, 0.25) is 0 Å². The van der Waals surface area contributed by atoms with Gasteiger partial charge in [-0.1, -0.05) is 73.3 Å². The van der Waals surface area contributed by atoms with Crippen LogP contribution < -0.4 is 5.32 Å². The number of hydrogen-bond acceptors (Lipinski definition) is 6. The average Bonchev–Trinajstić information content (AvgIpc) is 2.84. The van der Waals surface area contributed by atoms with Crippen LogP contribution in [0.15, 0.2) is 90.0 Å². The number of halogens is 1. The Balaban J connectivity index is 1.70. The lowest BCUT2D eigenvalue weighted by Gasteiger charge is -2.23. The molecule has 1 aliphatic heterocycles. The first-order chi connectivity index (χ1) is 16.3. The van der Waals surface area contributed by atoms with Crippen LogP contribution in [0, 0.1) is 0 Å². The minimum atomic E-state index is -0.584. The Morgan fingerprint density at radius 1 is 0.912 bits per heavy atom. The Kier molecular flexibility index (Phi) is 6.34. The lowest BCUT2D eigenvalue weighted by atomic mass is 9.93. The first-order valence-corrected chi connectivity index (χ1v) is 10.9. The summed E-state index contributed by atoms with van der Waals surface area (Å²) in [6.07, 6.45) is 5.18. The third-order valence-corrected chi connectivity index (χ3v) is 5.83. The maximum atomic E-state index is 10.7. The molecule has 5 N–H and O–H groups in total. The fourth-order valence-corrected chi connectivity index (χ4v) is 4.13. The van der Waals surface area contributed by atoms with Crippen LogP contribution in [-0.4, -0.2) is 25.7 Å². The zero-order valence-corrected chi connectivity index (χ0v) is 19.1. The fourth-order valence-electron chi connectivity index (χ4n) is 3.94. The number of para-hydroxylation sites is 1. The molecule has 0 aromatic heterocycles. The van der Waals surface area contributed by atoms with Crippen LogP contribution in [0.1, 0.15) is 24.1 Å². The highest BCUT2D eigenvalue weighted by Crippen LogP contribution is 2.53. The molecule has 1 aliphatic rings. The average molecular weight is 475 g/mol. The second-order valence-corrected chi connectivity index (χ2v) is 8.05. The molecule has 0 saturated heterocycles. The summed E-state index contributed by atoms with van der Waals surface area (Å²) in [6.45, 7) is 5.77. The van der Waals surface area contributed by atoms with Crippen molar-refractivity contribution >= 4 is 28.2 Å². The molecule has 172 valence electrons. The summed E-state index contributed by atoms with van der Waals surface area (Å²) in [5.41, 5.74) is 2.95. The zero-order chi connectivity index (χ0) is 24.4. The number of phenolic OH excluding ortho intramolecular Hbond substituents is 4. The second-order valence-electron chi connectivity index (χ2n) is 7.69. The number of benzene rings is 3. The number of anilines is 1. The Bertz CT molecular complexity index is 1330. The third kappa shape index (κ3) is 4.11. The van der Waals surface area contributed by atoms with Gasteiger partial charge in [-0.05, 0) is 41.3 Å². The largest absolute Gasteiger partial charge is 0.504 e. The van der Waals surface area contributed by atoms with Crippen LogP contribution in [0.3, 0.4) is 0 Å². The number of phenols is 4. The fraction of sp³-hybridized carbons (Fsp3) is 0.0741. The number of rotatable bonds is 5. The van der Waals surface area contributed by atoms with Crippen molar-refractivity contribution in [3.63, 3.8) is 0 Å². The van der Waals surface area contributed by atoms with Crippen molar-refractivity contribution in [2.24, 2.45) is 4.99 Å². The summed E-state index contributed by atoms with van der Waals surface area (Å²) < 4.78 is 0. The van der Waals surface area contributed by atoms with Crippen molar-refractivity contribution < 1.29 is 20.4 Å². The number of hydrogen-bond donors (Lipinski definition) is 5. The molecule has 1 unspecified atom stereocenters. The Morgan fingerprint density at radius 2 is 1.53 bits per heavy atom. The summed E-state index contributed by atoms with van der Waals surface area (Å²) in [5, 5.41) is 45.9. The van der Waals surface area contributed by atoms with Crippen molar-refractivity contribution in [1.82, 2.24) is 0 Å². The second kappa shape index (κ2) is 9.37. The maximum Gasteiger partial charge on any atom is 0.196 e. The van der Waals surface area contributed by atoms with Crippen LogP contribution in [0.4, 0.5) is 5.69 Å². The number of aromatic hydroxyl groups is 4. The molecule has 0 bridgehead atoms. The highest BCUT2D eigenvalue weighted by atomic mass is 35.5. The smallest absolute Gasteiger partial charge is 0.196 e. The van der Waals surface area contributed by atoms with Crippen molar-refractivity contribution in [2.75, 3.05) is 5.32 Å². The molecule has 0 amide bonds. The van der Waals surface area contributed by atoms with E-state index in [1.165, 1.54) is 0 Å². The van der Waals surface area contributed by atoms with Crippen LogP contribution in [0.25, 0.3) is 16.7 Å². The minimum Gasteiger partial charge on any atom is -0.504 e. The summed E-state index contributed by atoms with van der Waals surface area (Å²) in [6, 6.07) is 15.8. The predicted octanol–water partition coefficient (Wildman–Crippen LogP) is 6.45. The normalized spacial score (nSPS) is 15.5. The number of nitrogens with one attached hydrogen (secondary N) is 1. The van der Waals surface area contributed by atoms with Gasteiger partial charge in [0, 0.05) is 11.3 Å². The highest BCUT2D eigenvalue weighted by Gasteiger charge is 2.26. The summed E-state index contributed by atoms with van der Waals surface area (Å²) >= 11 is 6.19. The Morgan fingerprint density at radius 3 is 2.18 bits per heavy atom. The van der Waals surface area contributed by atoms with E-state index in [9.17, 15) is 20.4 Å². The molecule has 0 aliphatic carbocycles. The van der Waals surface area contributed by atoms with E-state index in [1.54, 1.807) is 42.5 Å². The number of aliphatic imine (C=N–C) groups is 1. The molecule has 0 fully saturated rings. The molecule has 1 heterocycles. The van der Waals surface area contributed by atoms with Gasteiger partial charge in [-0.3, -0.25) is 0 Å². The van der Waals surface area contributed by atoms with Gasteiger partial charge >= 0.3 is 0 Å². The van der Waals surface area contributed by atoms with Gasteiger partial charge < -0.3 is 25.7 Å². The molecule has 3 aromatic rings. The van der Waals surface area contributed by atoms with E-state index in [4.69, 9.17) is 11.6 Å². The van der Waals surface area contributed by atoms with Crippen LogP contribution in [-0.2, 0) is 0 Å². The molecule has 4 rings (SSSR count). The highest BCUT2D eigenvalue weighted by molar-refractivity contribution is 6.67. The first kappa shape index (κ1) is 23.0. The molecule has 34 heavy (non-hydrogen) atoms. The van der Waals surface area contributed by atoms with E-state index in [0.717, 1.165) is 16.8 Å². The van der Waals surface area contributed by atoms with Gasteiger partial charge in [-0.25, -0.2) is 4.99 Å². The molecule has 6 nitrogen and oxygen atoms in total. The third-order valence-electron chi connectivity index (χ3n) is 5.64. The van der Waals surface area contributed by atoms with Gasteiger partial charge in [-0.15, -0.1) is 0 Å². The number of nitrogens with zero attached hydrogens (tertiary/aromatic N) is 1. The van der Waals surface area contributed by atoms with E-state index in [0.29, 0.717) is 5.56 Å². The van der Waals surface area contributed by atoms with Gasteiger partial charge in [0.1, 0.15) is 6.04 Å². The molecule has 1 atom stereocenters. The van der Waals surface area contributed by atoms with E-state index >= 15 is 0 Å². The SMILES string of the molecule is C=C(/C=C\C(=C/C)C1N=C(Cl)Nc2ccccc21)c1c(O)c(O)c(-c2ccccc2)c(O)c1O. The zero-order valence-electron chi connectivity index (χ0n) is 18.3. The number of allylic oxidation sites excluding steroid dienone is 3. The standard InChI is InChI=1S/C27H23ClN2O4/c1-3-16(22-18-11-7-8-12-19(18)29-27(28)30-22)14-13-15(2)20-23(31)25(33)21(26(34)24(20)32)17-9-5-4-6-10-17/h3-14,22,31-34H,2H2,1H3,(H,29,30)/b14-13-,16-3+. The molecule has 0 saturated carbocycles. The molecular weight excluding hydrogens is 452 g/mol. The first-order valence-electron chi connectivity index (χ1n) is 10.5. The topological polar surface area (TPSA) is 105 Å². The van der Waals surface area contributed by atoms with Crippen LogP contribution in [0.5, 0.6) is 23.0 Å². The predicted molar refractivity (Wildman–Crippen MR) is 137 cm³/mol.